The molecule has 0 heterocycles. The van der Waals surface area contributed by atoms with Gasteiger partial charge in [0.2, 0.25) is 0 Å². The number of ether oxygens (including phenoxy) is 1. The Hall–Kier alpha value is -0.883. The van der Waals surface area contributed by atoms with Crippen molar-refractivity contribution < 1.29 is 18.3 Å². The highest BCUT2D eigenvalue weighted by Gasteiger charge is 2.30. The fraction of sp³-hybridized carbons (Fsp3) is 0.727. The number of rotatable bonds is 5. The highest BCUT2D eigenvalue weighted by molar-refractivity contribution is 6.48. The molecule has 0 aromatic heterocycles. The Morgan fingerprint density at radius 1 is 1.47 bits per heavy atom. The Bertz CT molecular complexity index is 287. The molecule has 4 nitrogen and oxygen atoms in total. The second-order valence-corrected chi connectivity index (χ2v) is 7.59. The Kier molecular flexibility index (Phi) is 6.40. The number of hydrogen-bond acceptors (Lipinski definition) is 3. The molecule has 1 unspecified atom stereocenters. The molecule has 0 aliphatic rings. The molecule has 0 aromatic carbocycles. The largest absolute Gasteiger partial charge is 0.445 e. The lowest BCUT2D eigenvalue weighted by molar-refractivity contribution is 0.0974. The van der Waals surface area contributed by atoms with Crippen LogP contribution >= 0.6 is 0 Å². The summed E-state index contributed by atoms with van der Waals surface area (Å²) in [6.45, 7) is 9.68. The van der Waals surface area contributed by atoms with Crippen LogP contribution in [0.15, 0.2) is 11.9 Å². The van der Waals surface area contributed by atoms with Crippen molar-refractivity contribution in [2.75, 3.05) is 6.61 Å². The van der Waals surface area contributed by atoms with Crippen molar-refractivity contribution in [1.82, 2.24) is 0 Å². The number of amides is 1. The third-order valence-electron chi connectivity index (χ3n) is 2.05. The SMILES string of the molecule is C[SiH](C)OC(C(=CF)COC(N)=O)C(C)(C)C. The van der Waals surface area contributed by atoms with Gasteiger partial charge in [-0.05, 0) is 18.5 Å². The molecule has 100 valence electrons. The first-order valence-electron chi connectivity index (χ1n) is 5.55. The second-order valence-electron chi connectivity index (χ2n) is 5.22. The zero-order valence-electron chi connectivity index (χ0n) is 11.1. The summed E-state index contributed by atoms with van der Waals surface area (Å²) in [4.78, 5) is 10.5. The summed E-state index contributed by atoms with van der Waals surface area (Å²) in [6, 6.07) is 0. The number of carbonyl (C=O) groups excluding carboxylic acids is 1. The Morgan fingerprint density at radius 2 is 2.00 bits per heavy atom. The van der Waals surface area contributed by atoms with Gasteiger partial charge in [0.25, 0.3) is 0 Å². The minimum Gasteiger partial charge on any atom is -0.445 e. The molecule has 0 saturated carbocycles. The highest BCUT2D eigenvalue weighted by Crippen LogP contribution is 2.29. The fourth-order valence-electron chi connectivity index (χ4n) is 1.44. The van der Waals surface area contributed by atoms with E-state index in [0.717, 1.165) is 0 Å². The first-order chi connectivity index (χ1) is 7.68. The lowest BCUT2D eigenvalue weighted by Gasteiger charge is -2.33. The first kappa shape index (κ1) is 16.1. The van der Waals surface area contributed by atoms with Crippen molar-refractivity contribution in [2.45, 2.75) is 40.0 Å². The van der Waals surface area contributed by atoms with E-state index in [1.165, 1.54) is 0 Å². The Balaban J connectivity index is 4.81. The van der Waals surface area contributed by atoms with Gasteiger partial charge in [-0.15, -0.1) is 0 Å². The first-order valence-corrected chi connectivity index (χ1v) is 8.33. The van der Waals surface area contributed by atoms with Crippen molar-refractivity contribution in [3.05, 3.63) is 11.9 Å². The van der Waals surface area contributed by atoms with Gasteiger partial charge >= 0.3 is 6.09 Å². The molecule has 0 radical (unpaired) electrons. The maximum absolute atomic E-state index is 12.9. The van der Waals surface area contributed by atoms with Crippen LogP contribution in [0.1, 0.15) is 20.8 Å². The predicted molar refractivity (Wildman–Crippen MR) is 67.9 cm³/mol. The van der Waals surface area contributed by atoms with Crippen molar-refractivity contribution in [1.29, 1.82) is 0 Å². The number of halogens is 1. The van der Waals surface area contributed by atoms with E-state index < -0.39 is 21.2 Å². The molecule has 1 amide bonds. The van der Waals surface area contributed by atoms with Crippen molar-refractivity contribution in [3.63, 3.8) is 0 Å². The van der Waals surface area contributed by atoms with Gasteiger partial charge in [-0.3, -0.25) is 0 Å². The normalized spacial score (nSPS) is 14.9. The van der Waals surface area contributed by atoms with Gasteiger partial charge in [0.1, 0.15) is 6.61 Å². The predicted octanol–water partition coefficient (Wildman–Crippen LogP) is 2.35. The molecule has 0 aliphatic heterocycles. The van der Waals surface area contributed by atoms with E-state index in [0.29, 0.717) is 11.9 Å². The smallest absolute Gasteiger partial charge is 0.404 e. The second kappa shape index (κ2) is 6.76. The van der Waals surface area contributed by atoms with Crippen LogP contribution in [0.4, 0.5) is 9.18 Å². The molecule has 2 N–H and O–H groups in total. The van der Waals surface area contributed by atoms with Crippen molar-refractivity contribution >= 4 is 15.1 Å². The third-order valence-corrected chi connectivity index (χ3v) is 2.87. The number of nitrogens with two attached hydrogens (primary N) is 1. The van der Waals surface area contributed by atoms with Gasteiger partial charge in [0, 0.05) is 5.57 Å². The fourth-order valence-corrected chi connectivity index (χ4v) is 2.57. The van der Waals surface area contributed by atoms with Crippen LogP contribution < -0.4 is 5.73 Å². The molecule has 0 aliphatic carbocycles. The topological polar surface area (TPSA) is 61.6 Å². The summed E-state index contributed by atoms with van der Waals surface area (Å²) < 4.78 is 23.3. The van der Waals surface area contributed by atoms with Gasteiger partial charge in [-0.25, -0.2) is 9.18 Å². The summed E-state index contributed by atoms with van der Waals surface area (Å²) in [6.07, 6.45) is -0.882. The van der Waals surface area contributed by atoms with Gasteiger partial charge in [0.05, 0.1) is 12.4 Å². The average molecular weight is 263 g/mol. The van der Waals surface area contributed by atoms with E-state index >= 15 is 0 Å². The maximum atomic E-state index is 12.9. The molecule has 0 rings (SSSR count). The van der Waals surface area contributed by atoms with Crippen molar-refractivity contribution in [3.8, 4) is 0 Å². The zero-order valence-corrected chi connectivity index (χ0v) is 12.3. The standard InChI is InChI=1S/C11H22FNO3Si/c1-11(2,3)9(16-17(4)5)8(6-12)7-15-10(13)14/h6,9,17H,7H2,1-5H3,(H2,13,14). The molecular formula is C11H22FNO3Si. The van der Waals surface area contributed by atoms with Crippen LogP contribution in [-0.4, -0.2) is 27.8 Å². The number of hydrogen-bond donors (Lipinski definition) is 1. The van der Waals surface area contributed by atoms with E-state index in [2.05, 4.69) is 4.74 Å². The Morgan fingerprint density at radius 3 is 2.29 bits per heavy atom. The van der Waals surface area contributed by atoms with Crippen LogP contribution in [0.3, 0.4) is 0 Å². The number of carbonyl (C=O) groups is 1. The molecule has 0 fully saturated rings. The highest BCUT2D eigenvalue weighted by atomic mass is 28.3. The summed E-state index contributed by atoms with van der Waals surface area (Å²) in [7, 11) is -1.33. The molecule has 1 atom stereocenters. The average Bonchev–Trinajstić information content (AvgIpc) is 2.14. The third kappa shape index (κ3) is 6.43. The molecule has 0 bridgehead atoms. The van der Waals surface area contributed by atoms with Gasteiger partial charge in [-0.1, -0.05) is 20.8 Å². The van der Waals surface area contributed by atoms with Gasteiger partial charge < -0.3 is 14.9 Å². The summed E-state index contributed by atoms with van der Waals surface area (Å²) >= 11 is 0. The van der Waals surface area contributed by atoms with Crippen LogP contribution in [0.25, 0.3) is 0 Å². The zero-order chi connectivity index (χ0) is 13.6. The minimum absolute atomic E-state index is 0.172. The summed E-state index contributed by atoms with van der Waals surface area (Å²) in [5.41, 5.74) is 4.90. The van der Waals surface area contributed by atoms with E-state index in [1.807, 2.05) is 33.9 Å². The monoisotopic (exact) mass is 263 g/mol. The van der Waals surface area contributed by atoms with Crippen LogP contribution in [0, 0.1) is 5.41 Å². The van der Waals surface area contributed by atoms with E-state index in [4.69, 9.17) is 10.2 Å². The van der Waals surface area contributed by atoms with Crippen LogP contribution in [0.2, 0.25) is 13.1 Å². The lowest BCUT2D eigenvalue weighted by Crippen LogP contribution is -2.36. The molecule has 0 spiro atoms. The summed E-state index contributed by atoms with van der Waals surface area (Å²) in [5, 5.41) is 0. The molecule has 0 aromatic rings. The van der Waals surface area contributed by atoms with E-state index in [-0.39, 0.29) is 12.0 Å². The van der Waals surface area contributed by atoms with E-state index in [9.17, 15) is 9.18 Å². The summed E-state index contributed by atoms with van der Waals surface area (Å²) in [5.74, 6) is 0. The van der Waals surface area contributed by atoms with Crippen LogP contribution in [0.5, 0.6) is 0 Å². The molecule has 6 heteroatoms. The van der Waals surface area contributed by atoms with E-state index in [1.54, 1.807) is 0 Å². The quantitative estimate of drug-likeness (QED) is 0.774. The van der Waals surface area contributed by atoms with Crippen molar-refractivity contribution in [2.24, 2.45) is 11.1 Å². The Labute approximate surface area is 104 Å². The van der Waals surface area contributed by atoms with Gasteiger partial charge in [-0.2, -0.15) is 0 Å². The maximum Gasteiger partial charge on any atom is 0.404 e. The number of primary amides is 1. The van der Waals surface area contributed by atoms with Gasteiger partial charge in [0.15, 0.2) is 9.04 Å². The molecular weight excluding hydrogens is 241 g/mol. The molecule has 0 saturated heterocycles. The molecule has 17 heavy (non-hydrogen) atoms. The lowest BCUT2D eigenvalue weighted by atomic mass is 9.85. The minimum atomic E-state index is -1.33. The van der Waals surface area contributed by atoms with Crippen LogP contribution in [-0.2, 0) is 9.16 Å².